The SMILES string of the molecule is CCOP(=O)(OCC)C(OC(=O)NCc1ccccc1)c1cccc2ccccc12. The first-order valence-electron chi connectivity index (χ1n) is 9.92. The number of carbonyl (C=O) groups is 1. The molecule has 3 rings (SSSR count). The Balaban J connectivity index is 1.93. The highest BCUT2D eigenvalue weighted by Crippen LogP contribution is 2.62. The predicted octanol–water partition coefficient (Wildman–Crippen LogP) is 6.03. The van der Waals surface area contributed by atoms with E-state index in [0.717, 1.165) is 16.3 Å². The lowest BCUT2D eigenvalue weighted by atomic mass is 10.1. The Kier molecular flexibility index (Phi) is 7.63. The lowest BCUT2D eigenvalue weighted by molar-refractivity contribution is 0.102. The van der Waals surface area contributed by atoms with Gasteiger partial charge in [-0.3, -0.25) is 4.57 Å². The van der Waals surface area contributed by atoms with E-state index in [1.54, 1.807) is 19.9 Å². The van der Waals surface area contributed by atoms with Gasteiger partial charge in [0.05, 0.1) is 13.2 Å². The number of hydrogen-bond acceptors (Lipinski definition) is 5. The number of carbonyl (C=O) groups excluding carboxylic acids is 1. The molecule has 0 fully saturated rings. The normalized spacial score (nSPS) is 12.5. The fraction of sp³-hybridized carbons (Fsp3) is 0.261. The molecular weight excluding hydrogens is 401 g/mol. The van der Waals surface area contributed by atoms with Gasteiger partial charge in [-0.25, -0.2) is 4.79 Å². The quantitative estimate of drug-likeness (QED) is 0.422. The molecule has 0 radical (unpaired) electrons. The first kappa shape index (κ1) is 22.0. The third-order valence-electron chi connectivity index (χ3n) is 4.49. The summed E-state index contributed by atoms with van der Waals surface area (Å²) >= 11 is 0. The maximum absolute atomic E-state index is 13.6. The molecule has 30 heavy (non-hydrogen) atoms. The van der Waals surface area contributed by atoms with Crippen LogP contribution in [0.5, 0.6) is 0 Å². The van der Waals surface area contributed by atoms with E-state index < -0.39 is 19.5 Å². The summed E-state index contributed by atoms with van der Waals surface area (Å²) in [7, 11) is -3.79. The van der Waals surface area contributed by atoms with Crippen molar-refractivity contribution in [3.63, 3.8) is 0 Å². The molecule has 1 N–H and O–H groups in total. The lowest BCUT2D eigenvalue weighted by Crippen LogP contribution is -2.26. The Hall–Kier alpha value is -2.66. The molecule has 0 aliphatic rings. The van der Waals surface area contributed by atoms with Gasteiger partial charge in [-0.1, -0.05) is 72.8 Å². The fourth-order valence-corrected chi connectivity index (χ4v) is 5.07. The van der Waals surface area contributed by atoms with Gasteiger partial charge in [0, 0.05) is 12.1 Å². The molecule has 0 bridgehead atoms. The molecule has 158 valence electrons. The molecule has 6 nitrogen and oxygen atoms in total. The van der Waals surface area contributed by atoms with E-state index in [9.17, 15) is 9.36 Å². The zero-order valence-electron chi connectivity index (χ0n) is 17.1. The smallest absolute Gasteiger partial charge is 0.408 e. The first-order valence-corrected chi connectivity index (χ1v) is 11.5. The van der Waals surface area contributed by atoms with Gasteiger partial charge in [-0.05, 0) is 30.2 Å². The van der Waals surface area contributed by atoms with Crippen LogP contribution in [0.4, 0.5) is 4.79 Å². The molecule has 1 amide bonds. The highest BCUT2D eigenvalue weighted by molar-refractivity contribution is 7.54. The Morgan fingerprint density at radius 2 is 1.53 bits per heavy atom. The summed E-state index contributed by atoms with van der Waals surface area (Å²) in [5.41, 5.74) is 1.50. The van der Waals surface area contributed by atoms with Crippen molar-refractivity contribution < 1.29 is 23.1 Å². The number of benzene rings is 3. The molecule has 1 atom stereocenters. The van der Waals surface area contributed by atoms with Crippen LogP contribution in [-0.4, -0.2) is 19.3 Å². The highest BCUT2D eigenvalue weighted by Gasteiger charge is 2.41. The second-order valence-corrected chi connectivity index (χ2v) is 8.61. The van der Waals surface area contributed by atoms with Crippen LogP contribution in [0.25, 0.3) is 10.8 Å². The topological polar surface area (TPSA) is 73.9 Å². The first-order chi connectivity index (χ1) is 14.6. The van der Waals surface area contributed by atoms with Crippen molar-refractivity contribution in [2.75, 3.05) is 13.2 Å². The standard InChI is InChI=1S/C23H26NO5P/c1-3-27-30(26,28-4-2)22(21-16-10-14-19-13-8-9-15-20(19)21)29-23(25)24-17-18-11-6-5-7-12-18/h5-16,22H,3-4,17H2,1-2H3,(H,24,25). The fourth-order valence-electron chi connectivity index (χ4n) is 3.21. The highest BCUT2D eigenvalue weighted by atomic mass is 31.2. The summed E-state index contributed by atoms with van der Waals surface area (Å²) in [6.45, 7) is 4.05. The van der Waals surface area contributed by atoms with E-state index in [0.29, 0.717) is 5.56 Å². The van der Waals surface area contributed by atoms with Gasteiger partial charge in [-0.15, -0.1) is 0 Å². The second kappa shape index (κ2) is 10.4. The minimum Gasteiger partial charge on any atom is -0.428 e. The minimum atomic E-state index is -3.79. The van der Waals surface area contributed by atoms with Gasteiger partial charge >= 0.3 is 13.7 Å². The van der Waals surface area contributed by atoms with E-state index in [-0.39, 0.29) is 19.8 Å². The molecular formula is C23H26NO5P. The summed E-state index contributed by atoms with van der Waals surface area (Å²) in [5.74, 6) is -1.20. The Morgan fingerprint density at radius 3 is 2.23 bits per heavy atom. The van der Waals surface area contributed by atoms with Crippen LogP contribution in [0.15, 0.2) is 72.8 Å². The van der Waals surface area contributed by atoms with Crippen LogP contribution in [0.2, 0.25) is 0 Å². The van der Waals surface area contributed by atoms with Crippen molar-refractivity contribution in [1.82, 2.24) is 5.32 Å². The van der Waals surface area contributed by atoms with Gasteiger partial charge in [0.25, 0.3) is 0 Å². The van der Waals surface area contributed by atoms with E-state index >= 15 is 0 Å². The summed E-state index contributed by atoms with van der Waals surface area (Å²) in [6.07, 6.45) is -0.698. The molecule has 0 aliphatic heterocycles. The van der Waals surface area contributed by atoms with Gasteiger partial charge < -0.3 is 19.1 Å². The van der Waals surface area contributed by atoms with Crippen molar-refractivity contribution in [3.8, 4) is 0 Å². The summed E-state index contributed by atoms with van der Waals surface area (Å²) in [4.78, 5) is 12.6. The molecule has 1 unspecified atom stereocenters. The van der Waals surface area contributed by atoms with Gasteiger partial charge in [0.1, 0.15) is 0 Å². The minimum absolute atomic E-state index is 0.160. The van der Waals surface area contributed by atoms with E-state index in [4.69, 9.17) is 13.8 Å². The average molecular weight is 427 g/mol. The summed E-state index contributed by atoms with van der Waals surface area (Å²) in [6, 6.07) is 22.7. The Bertz CT molecular complexity index is 1010. The van der Waals surface area contributed by atoms with Crippen LogP contribution in [0.3, 0.4) is 0 Å². The van der Waals surface area contributed by atoms with Gasteiger partial charge in [0.15, 0.2) is 0 Å². The van der Waals surface area contributed by atoms with Crippen LogP contribution >= 0.6 is 7.60 Å². The number of fused-ring (bicyclic) bond motifs is 1. The number of hydrogen-bond donors (Lipinski definition) is 1. The third kappa shape index (κ3) is 5.28. The number of nitrogens with one attached hydrogen (secondary N) is 1. The lowest BCUT2D eigenvalue weighted by Gasteiger charge is -2.27. The Morgan fingerprint density at radius 1 is 0.900 bits per heavy atom. The second-order valence-electron chi connectivity index (χ2n) is 6.54. The average Bonchev–Trinajstić information content (AvgIpc) is 2.77. The zero-order chi connectivity index (χ0) is 21.4. The number of rotatable bonds is 9. The molecule has 3 aromatic rings. The van der Waals surface area contributed by atoms with E-state index in [1.165, 1.54) is 0 Å². The maximum Gasteiger partial charge on any atom is 0.408 e. The van der Waals surface area contributed by atoms with Crippen molar-refractivity contribution in [3.05, 3.63) is 83.9 Å². The molecule has 3 aromatic carbocycles. The van der Waals surface area contributed by atoms with Crippen molar-refractivity contribution >= 4 is 24.5 Å². The van der Waals surface area contributed by atoms with Crippen molar-refractivity contribution in [1.29, 1.82) is 0 Å². The van der Waals surface area contributed by atoms with Crippen LogP contribution < -0.4 is 5.32 Å². The molecule has 0 aromatic heterocycles. The molecule has 7 heteroatoms. The monoisotopic (exact) mass is 427 g/mol. The Labute approximate surface area is 176 Å². The molecule has 0 saturated carbocycles. The number of ether oxygens (including phenoxy) is 1. The van der Waals surface area contributed by atoms with Gasteiger partial charge in [-0.2, -0.15) is 0 Å². The largest absolute Gasteiger partial charge is 0.428 e. The van der Waals surface area contributed by atoms with Crippen LogP contribution in [0, 0.1) is 0 Å². The molecule has 0 heterocycles. The number of alkyl carbamates (subject to hydrolysis) is 1. The summed E-state index contributed by atoms with van der Waals surface area (Å²) in [5, 5.41) is 4.47. The van der Waals surface area contributed by atoms with E-state index in [2.05, 4.69) is 5.32 Å². The molecule has 0 spiro atoms. The van der Waals surface area contributed by atoms with Crippen molar-refractivity contribution in [2.24, 2.45) is 0 Å². The van der Waals surface area contributed by atoms with Crippen LogP contribution in [-0.2, 0) is 24.9 Å². The molecule has 0 saturated heterocycles. The van der Waals surface area contributed by atoms with E-state index in [1.807, 2.05) is 66.7 Å². The van der Waals surface area contributed by atoms with Crippen molar-refractivity contribution in [2.45, 2.75) is 26.2 Å². The maximum atomic E-state index is 13.6. The third-order valence-corrected chi connectivity index (χ3v) is 6.69. The number of amides is 1. The predicted molar refractivity (Wildman–Crippen MR) is 117 cm³/mol. The summed E-state index contributed by atoms with van der Waals surface area (Å²) < 4.78 is 30.3. The van der Waals surface area contributed by atoms with Gasteiger partial charge in [0.2, 0.25) is 5.85 Å². The molecule has 0 aliphatic carbocycles. The zero-order valence-corrected chi connectivity index (χ0v) is 18.0. The van der Waals surface area contributed by atoms with Crippen LogP contribution in [0.1, 0.15) is 30.8 Å².